The van der Waals surface area contributed by atoms with Crippen LogP contribution in [0.3, 0.4) is 0 Å². The molecule has 0 amide bonds. The van der Waals surface area contributed by atoms with E-state index in [2.05, 4.69) is 59.7 Å². The molecule has 0 saturated carbocycles. The second-order valence-electron chi connectivity index (χ2n) is 4.18. The van der Waals surface area contributed by atoms with Crippen LogP contribution in [0.15, 0.2) is 62.9 Å². The first-order chi connectivity index (χ1) is 9.70. The third-order valence-corrected chi connectivity index (χ3v) is 4.55. The van der Waals surface area contributed by atoms with Crippen LogP contribution in [0.5, 0.6) is 0 Å². The molecule has 0 spiro atoms. The Balaban J connectivity index is 1.80. The Morgan fingerprint density at radius 2 is 1.45 bits per heavy atom. The van der Waals surface area contributed by atoms with Crippen LogP contribution in [0.25, 0.3) is 11.3 Å². The number of thiazole rings is 1. The molecule has 1 heterocycles. The maximum absolute atomic E-state index is 4.61. The highest BCUT2D eigenvalue weighted by Crippen LogP contribution is 2.28. The minimum Gasteiger partial charge on any atom is -0.332 e. The van der Waals surface area contributed by atoms with E-state index in [-0.39, 0.29) is 0 Å². The second-order valence-corrected chi connectivity index (χ2v) is 6.87. The molecule has 0 aliphatic heterocycles. The average Bonchev–Trinajstić information content (AvgIpc) is 2.91. The smallest absolute Gasteiger partial charge is 0.187 e. The molecule has 1 N–H and O–H groups in total. The van der Waals surface area contributed by atoms with Crippen LogP contribution in [0.4, 0.5) is 10.8 Å². The van der Waals surface area contributed by atoms with Gasteiger partial charge in [-0.2, -0.15) is 0 Å². The number of nitrogens with zero attached hydrogens (tertiary/aromatic N) is 1. The zero-order valence-corrected chi connectivity index (χ0v) is 14.3. The van der Waals surface area contributed by atoms with E-state index in [1.165, 1.54) is 0 Å². The second kappa shape index (κ2) is 6.08. The molecule has 3 aromatic rings. The van der Waals surface area contributed by atoms with Crippen LogP contribution in [-0.2, 0) is 0 Å². The minimum atomic E-state index is 0.894. The van der Waals surface area contributed by atoms with Crippen LogP contribution < -0.4 is 5.32 Å². The number of hydrogen-bond acceptors (Lipinski definition) is 3. The van der Waals surface area contributed by atoms with E-state index in [0.29, 0.717) is 0 Å². The largest absolute Gasteiger partial charge is 0.332 e. The summed E-state index contributed by atoms with van der Waals surface area (Å²) in [6, 6.07) is 16.2. The van der Waals surface area contributed by atoms with Gasteiger partial charge in [-0.1, -0.05) is 44.0 Å². The number of rotatable bonds is 3. The molecule has 0 fully saturated rings. The predicted molar refractivity (Wildman–Crippen MR) is 92.7 cm³/mol. The van der Waals surface area contributed by atoms with Crippen molar-refractivity contribution in [1.82, 2.24) is 4.98 Å². The molecule has 20 heavy (non-hydrogen) atoms. The Kier molecular flexibility index (Phi) is 4.19. The Morgan fingerprint density at radius 1 is 0.850 bits per heavy atom. The topological polar surface area (TPSA) is 24.9 Å². The Bertz CT molecular complexity index is 705. The van der Waals surface area contributed by atoms with Crippen molar-refractivity contribution in [3.8, 4) is 11.3 Å². The first kappa shape index (κ1) is 13.8. The molecule has 0 saturated heterocycles. The number of benzene rings is 2. The van der Waals surface area contributed by atoms with Gasteiger partial charge in [0, 0.05) is 25.6 Å². The van der Waals surface area contributed by atoms with Gasteiger partial charge in [-0.05, 0) is 36.4 Å². The molecule has 0 atom stereocenters. The highest BCUT2D eigenvalue weighted by atomic mass is 79.9. The van der Waals surface area contributed by atoms with E-state index in [1.54, 1.807) is 11.3 Å². The summed E-state index contributed by atoms with van der Waals surface area (Å²) in [4.78, 5) is 4.61. The Morgan fingerprint density at radius 3 is 2.10 bits per heavy atom. The van der Waals surface area contributed by atoms with E-state index >= 15 is 0 Å². The van der Waals surface area contributed by atoms with Gasteiger partial charge in [0.2, 0.25) is 0 Å². The Hall–Kier alpha value is -1.17. The molecule has 1 aromatic heterocycles. The van der Waals surface area contributed by atoms with Gasteiger partial charge in [0.05, 0.1) is 5.69 Å². The van der Waals surface area contributed by atoms with Crippen molar-refractivity contribution in [1.29, 1.82) is 0 Å². The monoisotopic (exact) mass is 408 g/mol. The third-order valence-electron chi connectivity index (χ3n) is 2.74. The van der Waals surface area contributed by atoms with E-state index in [1.807, 2.05) is 36.4 Å². The minimum absolute atomic E-state index is 0.894. The van der Waals surface area contributed by atoms with Crippen molar-refractivity contribution in [2.24, 2.45) is 0 Å². The summed E-state index contributed by atoms with van der Waals surface area (Å²) >= 11 is 8.47. The SMILES string of the molecule is Brc1ccc(Nc2nc(-c3ccc(Br)cc3)cs2)cc1. The molecule has 2 aromatic carbocycles. The van der Waals surface area contributed by atoms with Crippen molar-refractivity contribution in [3.05, 3.63) is 62.9 Å². The quantitative estimate of drug-likeness (QED) is 0.566. The lowest BCUT2D eigenvalue weighted by molar-refractivity contribution is 1.38. The molecule has 5 heteroatoms. The fourth-order valence-corrected chi connectivity index (χ4v) is 3.01. The van der Waals surface area contributed by atoms with Crippen LogP contribution in [0.1, 0.15) is 0 Å². The lowest BCUT2D eigenvalue weighted by Crippen LogP contribution is -1.89. The summed E-state index contributed by atoms with van der Waals surface area (Å²) in [5.41, 5.74) is 3.14. The molecule has 2 nitrogen and oxygen atoms in total. The lowest BCUT2D eigenvalue weighted by Gasteiger charge is -2.02. The molecule has 3 rings (SSSR count). The number of nitrogens with one attached hydrogen (secondary N) is 1. The maximum atomic E-state index is 4.61. The van der Waals surface area contributed by atoms with Crippen LogP contribution >= 0.6 is 43.2 Å². The normalized spacial score (nSPS) is 10.5. The highest BCUT2D eigenvalue weighted by molar-refractivity contribution is 9.10. The van der Waals surface area contributed by atoms with Gasteiger partial charge in [0.1, 0.15) is 0 Å². The van der Waals surface area contributed by atoms with Gasteiger partial charge in [0.25, 0.3) is 0 Å². The van der Waals surface area contributed by atoms with E-state index in [4.69, 9.17) is 0 Å². The van der Waals surface area contributed by atoms with Gasteiger partial charge < -0.3 is 5.32 Å². The summed E-state index contributed by atoms with van der Waals surface area (Å²) < 4.78 is 2.14. The van der Waals surface area contributed by atoms with Crippen molar-refractivity contribution in [2.45, 2.75) is 0 Å². The third kappa shape index (κ3) is 3.29. The zero-order chi connectivity index (χ0) is 13.9. The van der Waals surface area contributed by atoms with Gasteiger partial charge in [-0.15, -0.1) is 11.3 Å². The van der Waals surface area contributed by atoms with Crippen LogP contribution in [0, 0.1) is 0 Å². The molecular weight excluding hydrogens is 400 g/mol. The molecule has 0 aliphatic rings. The number of halogens is 2. The molecule has 100 valence electrons. The summed E-state index contributed by atoms with van der Waals surface area (Å²) in [6.45, 7) is 0. The van der Waals surface area contributed by atoms with Crippen molar-refractivity contribution in [3.63, 3.8) is 0 Å². The summed E-state index contributed by atoms with van der Waals surface area (Å²) in [7, 11) is 0. The van der Waals surface area contributed by atoms with Crippen molar-refractivity contribution in [2.75, 3.05) is 5.32 Å². The first-order valence-corrected chi connectivity index (χ1v) is 8.41. The molecule has 0 bridgehead atoms. The fourth-order valence-electron chi connectivity index (χ4n) is 1.74. The van der Waals surface area contributed by atoms with Crippen LogP contribution in [0.2, 0.25) is 0 Å². The standard InChI is InChI=1S/C15H10Br2N2S/c16-11-3-1-10(2-4-11)14-9-20-15(19-14)18-13-7-5-12(17)6-8-13/h1-9H,(H,18,19). The fraction of sp³-hybridized carbons (Fsp3) is 0. The van der Waals surface area contributed by atoms with Crippen LogP contribution in [-0.4, -0.2) is 4.98 Å². The number of anilines is 2. The predicted octanol–water partition coefficient (Wildman–Crippen LogP) is 6.08. The summed E-state index contributed by atoms with van der Waals surface area (Å²) in [5, 5.41) is 6.26. The highest BCUT2D eigenvalue weighted by Gasteiger charge is 2.04. The molecule has 0 radical (unpaired) electrons. The maximum Gasteiger partial charge on any atom is 0.187 e. The van der Waals surface area contributed by atoms with Crippen molar-refractivity contribution < 1.29 is 0 Å². The van der Waals surface area contributed by atoms with Crippen molar-refractivity contribution >= 4 is 54.0 Å². The zero-order valence-electron chi connectivity index (χ0n) is 10.3. The molecule has 0 aliphatic carbocycles. The lowest BCUT2D eigenvalue weighted by atomic mass is 10.2. The Labute approximate surface area is 138 Å². The molecule has 0 unspecified atom stereocenters. The van der Waals surface area contributed by atoms with E-state index < -0.39 is 0 Å². The van der Waals surface area contributed by atoms with Gasteiger partial charge >= 0.3 is 0 Å². The van der Waals surface area contributed by atoms with Gasteiger partial charge in [-0.25, -0.2) is 4.98 Å². The summed E-state index contributed by atoms with van der Waals surface area (Å²) in [6.07, 6.45) is 0. The average molecular weight is 410 g/mol. The number of hydrogen-bond donors (Lipinski definition) is 1. The van der Waals surface area contributed by atoms with Gasteiger partial charge in [-0.3, -0.25) is 0 Å². The van der Waals surface area contributed by atoms with E-state index in [0.717, 1.165) is 31.0 Å². The first-order valence-electron chi connectivity index (χ1n) is 5.95. The van der Waals surface area contributed by atoms with Gasteiger partial charge in [0.15, 0.2) is 5.13 Å². The summed E-state index contributed by atoms with van der Waals surface area (Å²) in [5.74, 6) is 0. The van der Waals surface area contributed by atoms with E-state index in [9.17, 15) is 0 Å². The molecular formula is C15H10Br2N2S. The number of aromatic nitrogens is 1.